The van der Waals surface area contributed by atoms with E-state index < -0.39 is 0 Å². The van der Waals surface area contributed by atoms with Crippen LogP contribution in [0, 0.1) is 0 Å². The number of allylic oxidation sites excluding steroid dienone is 4. The van der Waals surface area contributed by atoms with E-state index in [1.54, 1.807) is 0 Å². The maximum absolute atomic E-state index is 11.3. The average Bonchev–Trinajstić information content (AvgIpc) is 2.10. The van der Waals surface area contributed by atoms with E-state index in [4.69, 9.17) is 0 Å². The molecule has 0 atom stereocenters. The predicted molar refractivity (Wildman–Crippen MR) is 55.6 cm³/mol. The topological polar surface area (TPSA) is 17.1 Å². The van der Waals surface area contributed by atoms with Crippen molar-refractivity contribution in [2.45, 2.75) is 46.0 Å². The van der Waals surface area contributed by atoms with E-state index in [9.17, 15) is 4.79 Å². The van der Waals surface area contributed by atoms with Crippen LogP contribution < -0.4 is 0 Å². The van der Waals surface area contributed by atoms with Crippen molar-refractivity contribution < 1.29 is 4.79 Å². The van der Waals surface area contributed by atoms with Gasteiger partial charge in [-0.15, -0.1) is 0 Å². The molecule has 0 aliphatic heterocycles. The second-order valence-electron chi connectivity index (χ2n) is 3.88. The van der Waals surface area contributed by atoms with E-state index in [0.717, 1.165) is 19.3 Å². The smallest absolute Gasteiger partial charge is 0.136 e. The minimum atomic E-state index is 0.369. The molecule has 13 heavy (non-hydrogen) atoms. The summed E-state index contributed by atoms with van der Waals surface area (Å²) in [5, 5.41) is 0. The zero-order chi connectivity index (χ0) is 9.68. The Morgan fingerprint density at radius 1 is 1.00 bits per heavy atom. The van der Waals surface area contributed by atoms with Crippen LogP contribution in [0.4, 0.5) is 0 Å². The maximum atomic E-state index is 11.3. The molecule has 0 unspecified atom stereocenters. The summed E-state index contributed by atoms with van der Waals surface area (Å²) in [6.07, 6.45) is 8.87. The van der Waals surface area contributed by atoms with Crippen molar-refractivity contribution in [3.8, 4) is 0 Å². The molecule has 1 nitrogen and oxygen atoms in total. The zero-order valence-electron chi connectivity index (χ0n) is 8.60. The molecule has 0 aromatic heterocycles. The molecule has 0 aromatic rings. The fourth-order valence-corrected chi connectivity index (χ4v) is 1.48. The van der Waals surface area contributed by atoms with E-state index in [2.05, 4.69) is 26.0 Å². The molecule has 0 amide bonds. The molecule has 0 saturated carbocycles. The molecule has 0 radical (unpaired) electrons. The first-order valence-corrected chi connectivity index (χ1v) is 5.01. The molecule has 0 heterocycles. The minimum Gasteiger partial charge on any atom is -0.299 e. The lowest BCUT2D eigenvalue weighted by atomic mass is 10.0. The Morgan fingerprint density at radius 3 is 2.46 bits per heavy atom. The molecule has 1 rings (SSSR count). The Labute approximate surface area is 80.5 Å². The molecule has 0 aromatic carbocycles. The summed E-state index contributed by atoms with van der Waals surface area (Å²) in [5.74, 6) is 0.369. The van der Waals surface area contributed by atoms with E-state index in [0.29, 0.717) is 18.6 Å². The van der Waals surface area contributed by atoms with Crippen molar-refractivity contribution in [3.05, 3.63) is 23.3 Å². The molecule has 0 saturated heterocycles. The normalized spacial score (nSPS) is 28.6. The van der Waals surface area contributed by atoms with Crippen LogP contribution in [0.2, 0.25) is 0 Å². The van der Waals surface area contributed by atoms with Gasteiger partial charge in [-0.25, -0.2) is 0 Å². The highest BCUT2D eigenvalue weighted by Crippen LogP contribution is 2.14. The van der Waals surface area contributed by atoms with Crippen LogP contribution in [-0.4, -0.2) is 5.78 Å². The number of rotatable bonds is 0. The van der Waals surface area contributed by atoms with Crippen molar-refractivity contribution in [3.63, 3.8) is 0 Å². The van der Waals surface area contributed by atoms with Gasteiger partial charge in [0.05, 0.1) is 0 Å². The maximum Gasteiger partial charge on any atom is 0.136 e. The summed E-state index contributed by atoms with van der Waals surface area (Å²) >= 11 is 0. The van der Waals surface area contributed by atoms with Gasteiger partial charge in [-0.2, -0.15) is 0 Å². The second-order valence-corrected chi connectivity index (χ2v) is 3.88. The molecule has 72 valence electrons. The van der Waals surface area contributed by atoms with Gasteiger partial charge in [0.25, 0.3) is 0 Å². The van der Waals surface area contributed by atoms with Gasteiger partial charge in [0.1, 0.15) is 5.78 Å². The van der Waals surface area contributed by atoms with Crippen LogP contribution in [-0.2, 0) is 4.79 Å². The summed E-state index contributed by atoms with van der Waals surface area (Å²) in [6.45, 7) is 4.23. The Hall–Kier alpha value is -0.850. The highest BCUT2D eigenvalue weighted by molar-refractivity contribution is 5.80. The van der Waals surface area contributed by atoms with Crippen LogP contribution in [0.15, 0.2) is 23.3 Å². The number of hydrogen-bond acceptors (Lipinski definition) is 1. The predicted octanol–water partition coefficient (Wildman–Crippen LogP) is 3.41. The molecule has 1 aliphatic carbocycles. The lowest BCUT2D eigenvalue weighted by Gasteiger charge is -2.05. The molecule has 0 bridgehead atoms. The highest BCUT2D eigenvalue weighted by Gasteiger charge is 2.02. The summed E-state index contributed by atoms with van der Waals surface area (Å²) in [5.41, 5.74) is 2.71. The van der Waals surface area contributed by atoms with Crippen molar-refractivity contribution in [1.29, 1.82) is 0 Å². The van der Waals surface area contributed by atoms with Gasteiger partial charge in [0.2, 0.25) is 0 Å². The van der Waals surface area contributed by atoms with E-state index in [1.807, 2.05) is 0 Å². The first-order chi connectivity index (χ1) is 6.18. The van der Waals surface area contributed by atoms with Gasteiger partial charge in [-0.05, 0) is 33.1 Å². The molecule has 0 spiro atoms. The van der Waals surface area contributed by atoms with E-state index in [-0.39, 0.29) is 0 Å². The Morgan fingerprint density at radius 2 is 1.69 bits per heavy atom. The summed E-state index contributed by atoms with van der Waals surface area (Å²) in [7, 11) is 0. The van der Waals surface area contributed by atoms with Gasteiger partial charge >= 0.3 is 0 Å². The van der Waals surface area contributed by atoms with E-state index in [1.165, 1.54) is 11.1 Å². The van der Waals surface area contributed by atoms with Crippen LogP contribution >= 0.6 is 0 Å². The van der Waals surface area contributed by atoms with E-state index >= 15 is 0 Å². The van der Waals surface area contributed by atoms with Crippen molar-refractivity contribution in [2.75, 3.05) is 0 Å². The first-order valence-electron chi connectivity index (χ1n) is 5.01. The Balaban J connectivity index is 2.61. The van der Waals surface area contributed by atoms with Crippen LogP contribution in [0.1, 0.15) is 46.0 Å². The monoisotopic (exact) mass is 178 g/mol. The fraction of sp³-hybridized carbons (Fsp3) is 0.583. The summed E-state index contributed by atoms with van der Waals surface area (Å²) in [4.78, 5) is 11.3. The van der Waals surface area contributed by atoms with Crippen molar-refractivity contribution >= 4 is 5.78 Å². The van der Waals surface area contributed by atoms with Gasteiger partial charge in [0.15, 0.2) is 0 Å². The van der Waals surface area contributed by atoms with Gasteiger partial charge in [-0.3, -0.25) is 4.79 Å². The SMILES string of the molecule is C/C1=C\CC(=O)CC/C(C)=C/CC1. The third kappa shape index (κ3) is 4.07. The van der Waals surface area contributed by atoms with Gasteiger partial charge in [0, 0.05) is 12.8 Å². The number of Topliss-reactive ketones (excluding diaryl/α,β-unsaturated/α-hetero) is 1. The lowest BCUT2D eigenvalue weighted by Crippen LogP contribution is -1.97. The minimum absolute atomic E-state index is 0.369. The van der Waals surface area contributed by atoms with Crippen molar-refractivity contribution in [2.24, 2.45) is 0 Å². The average molecular weight is 178 g/mol. The molecule has 1 heteroatoms. The molecular formula is C12H18O. The Bertz CT molecular complexity index is 246. The van der Waals surface area contributed by atoms with Crippen molar-refractivity contribution in [1.82, 2.24) is 0 Å². The third-order valence-electron chi connectivity index (χ3n) is 2.51. The number of hydrogen-bond donors (Lipinski definition) is 0. The number of carbonyl (C=O) groups is 1. The highest BCUT2D eigenvalue weighted by atomic mass is 16.1. The lowest BCUT2D eigenvalue weighted by molar-refractivity contribution is -0.118. The number of ketones is 1. The molecule has 1 aliphatic rings. The standard InChI is InChI=1S/C12H18O/c1-10-4-3-5-11(2)7-9-12(13)8-6-10/h4,7H,3,5-6,8-9H2,1-2H3/b10-4+,11-7+. The molecular weight excluding hydrogens is 160 g/mol. The summed E-state index contributed by atoms with van der Waals surface area (Å²) in [6, 6.07) is 0. The summed E-state index contributed by atoms with van der Waals surface area (Å²) < 4.78 is 0. The third-order valence-corrected chi connectivity index (χ3v) is 2.51. The number of carbonyl (C=O) groups excluding carboxylic acids is 1. The fourth-order valence-electron chi connectivity index (χ4n) is 1.48. The van der Waals surface area contributed by atoms with Gasteiger partial charge < -0.3 is 0 Å². The van der Waals surface area contributed by atoms with Crippen LogP contribution in [0.25, 0.3) is 0 Å². The zero-order valence-corrected chi connectivity index (χ0v) is 8.60. The largest absolute Gasteiger partial charge is 0.299 e. The molecule has 0 N–H and O–H groups in total. The van der Waals surface area contributed by atoms with Gasteiger partial charge in [-0.1, -0.05) is 23.3 Å². The Kier molecular flexibility index (Phi) is 3.94. The van der Waals surface area contributed by atoms with Crippen LogP contribution in [0.3, 0.4) is 0 Å². The first kappa shape index (κ1) is 10.2. The molecule has 0 fully saturated rings. The quantitative estimate of drug-likeness (QED) is 0.519. The second kappa shape index (κ2) is 5.00. The van der Waals surface area contributed by atoms with Crippen LogP contribution in [0.5, 0.6) is 0 Å².